The van der Waals surface area contributed by atoms with Crippen molar-refractivity contribution in [1.29, 1.82) is 0 Å². The molecule has 10 N–H and O–H groups in total. The molecule has 22 nitrogen and oxygen atoms in total. The van der Waals surface area contributed by atoms with Gasteiger partial charge in [0.1, 0.15) is 17.1 Å². The summed E-state index contributed by atoms with van der Waals surface area (Å²) in [6.45, 7) is 1.37. The van der Waals surface area contributed by atoms with Crippen LogP contribution in [0.3, 0.4) is 0 Å². The van der Waals surface area contributed by atoms with Crippen molar-refractivity contribution in [2.75, 3.05) is 45.0 Å². The lowest BCUT2D eigenvalue weighted by molar-refractivity contribution is -0.161. The van der Waals surface area contributed by atoms with E-state index < -0.39 is 93.8 Å². The summed E-state index contributed by atoms with van der Waals surface area (Å²) in [5.41, 5.74) is 5.83. The van der Waals surface area contributed by atoms with Crippen LogP contribution in [0.5, 0.6) is 11.5 Å². The van der Waals surface area contributed by atoms with Gasteiger partial charge < -0.3 is 51.8 Å². The number of thioether (sulfide) groups is 1. The summed E-state index contributed by atoms with van der Waals surface area (Å²) >= 11 is 7.60. The number of urea groups is 1. The van der Waals surface area contributed by atoms with E-state index in [1.807, 2.05) is 0 Å². The van der Waals surface area contributed by atoms with Crippen molar-refractivity contribution in [1.82, 2.24) is 41.2 Å². The number of benzene rings is 1. The number of carbonyl (C=O) groups is 7. The number of nitrogens with one attached hydrogen (secondary N) is 4. The maximum Gasteiger partial charge on any atom is 0.350 e. The molecule has 5 rings (SSSR count). The third-order valence-electron chi connectivity index (χ3n) is 8.27. The molecule has 3 aliphatic rings. The number of thiazole rings is 1. The van der Waals surface area contributed by atoms with Crippen LogP contribution in [-0.4, -0.2) is 149 Å². The lowest BCUT2D eigenvalue weighted by atomic mass is 10.1. The number of nitrogen functional groups attached to an aromatic ring is 1. The number of aliphatic carboxylic acids is 2. The zero-order valence-corrected chi connectivity index (χ0v) is 30.6. The molecule has 54 heavy (non-hydrogen) atoms. The number of aromatic nitrogens is 1. The van der Waals surface area contributed by atoms with Gasteiger partial charge >= 0.3 is 18.0 Å². The molecule has 0 saturated carbocycles. The van der Waals surface area contributed by atoms with Crippen molar-refractivity contribution < 1.29 is 58.8 Å². The quantitative estimate of drug-likeness (QED) is 0.0320. The Bertz CT molecular complexity index is 1950. The maximum atomic E-state index is 13.4. The summed E-state index contributed by atoms with van der Waals surface area (Å²) in [7, 11) is 0. The summed E-state index contributed by atoms with van der Waals surface area (Å²) in [5, 5.41) is 51.3. The third-order valence-corrected chi connectivity index (χ3v) is 11.0. The third kappa shape index (κ3) is 7.71. The van der Waals surface area contributed by atoms with E-state index in [0.717, 1.165) is 39.1 Å². The van der Waals surface area contributed by atoms with E-state index in [1.54, 1.807) is 0 Å². The number of carboxylic acids is 2. The standard InChI is InChI=1S/C29H33ClN10O12S2/c1-28(2,24(47)48)52-37-17(13-10-53-26(31)35-13)21(45)36-18-22(46)38-11-29(25(49)50,54-23(18)38)39-7-8-40(27(39)51)34-9-15(42)32-5-6-33-20(44)12-3-4-14(41)19(43)16(12)30/h3-4,10,18,23,34,41,43H,5-9,11H2,1-2H3,(H2,31,35)(H,32,42)(H,33,44)(H,36,45)(H,47,48)(H,49,50)/b37-17-/t18?,23-,29-/m1/s1. The zero-order valence-electron chi connectivity index (χ0n) is 28.2. The Morgan fingerprint density at radius 3 is 2.48 bits per heavy atom. The van der Waals surface area contributed by atoms with Crippen molar-refractivity contribution >= 4 is 87.1 Å². The number of hydrogen-bond acceptors (Lipinski definition) is 16. The number of amides is 6. The second-order valence-corrected chi connectivity index (χ2v) is 14.9. The maximum absolute atomic E-state index is 13.4. The first-order chi connectivity index (χ1) is 25.4. The second kappa shape index (κ2) is 15.4. The Kier molecular flexibility index (Phi) is 11.3. The number of carbonyl (C=O) groups excluding carboxylic acids is 5. The molecule has 4 heterocycles. The van der Waals surface area contributed by atoms with Crippen LogP contribution in [0.1, 0.15) is 29.9 Å². The highest BCUT2D eigenvalue weighted by molar-refractivity contribution is 8.02. The SMILES string of the molecule is CC(C)(O/N=C(\C(=O)NC1C(=O)N2C[C@@](C(=O)O)(N3CCN(NCC(=O)NCCNC(=O)c4ccc(O)c(O)c4Cl)C3=O)S[C@H]12)c1csc(N)n1)C(=O)O. The topological polar surface area (TPSA) is 319 Å². The molecular formula is C29H33ClN10O12S2. The van der Waals surface area contributed by atoms with Crippen molar-refractivity contribution in [2.45, 2.75) is 35.7 Å². The van der Waals surface area contributed by atoms with Gasteiger partial charge in [-0.2, -0.15) is 0 Å². The van der Waals surface area contributed by atoms with Crippen LogP contribution in [0.25, 0.3) is 0 Å². The number of aromatic hydroxyl groups is 2. The number of nitrogens with two attached hydrogens (primary N) is 1. The van der Waals surface area contributed by atoms with Crippen LogP contribution in [0.4, 0.5) is 9.93 Å². The summed E-state index contributed by atoms with van der Waals surface area (Å²) in [4.78, 5) is 98.3. The first kappa shape index (κ1) is 39.6. The molecule has 25 heteroatoms. The Balaban J connectivity index is 1.15. The van der Waals surface area contributed by atoms with E-state index in [-0.39, 0.29) is 47.6 Å². The van der Waals surface area contributed by atoms with Crippen molar-refractivity contribution in [3.63, 3.8) is 0 Å². The van der Waals surface area contributed by atoms with Gasteiger partial charge in [-0.25, -0.2) is 24.8 Å². The fourth-order valence-electron chi connectivity index (χ4n) is 5.27. The van der Waals surface area contributed by atoms with Gasteiger partial charge in [0.15, 0.2) is 22.3 Å². The number of oxime groups is 1. The summed E-state index contributed by atoms with van der Waals surface area (Å²) in [6, 6.07) is 0.247. The zero-order chi connectivity index (χ0) is 39.7. The Morgan fingerprint density at radius 2 is 1.83 bits per heavy atom. The average molecular weight is 813 g/mol. The number of β-lactam (4-membered cyclic amide) rings is 1. The van der Waals surface area contributed by atoms with E-state index in [2.05, 4.69) is 31.5 Å². The van der Waals surface area contributed by atoms with E-state index in [9.17, 15) is 54.0 Å². The molecule has 0 radical (unpaired) electrons. The van der Waals surface area contributed by atoms with Gasteiger partial charge in [0.2, 0.25) is 22.3 Å². The van der Waals surface area contributed by atoms with Crippen molar-refractivity contribution in [3.05, 3.63) is 33.8 Å². The number of hydrazine groups is 1. The summed E-state index contributed by atoms with van der Waals surface area (Å²) < 4.78 is 0. The van der Waals surface area contributed by atoms with Crippen LogP contribution >= 0.6 is 34.7 Å². The Morgan fingerprint density at radius 1 is 1.13 bits per heavy atom. The summed E-state index contributed by atoms with van der Waals surface area (Å²) in [5.74, 6) is -6.84. The molecule has 0 aliphatic carbocycles. The number of carboxylic acid groups (broad SMARTS) is 2. The largest absolute Gasteiger partial charge is 0.504 e. The number of anilines is 1. The van der Waals surface area contributed by atoms with Crippen molar-refractivity contribution in [3.8, 4) is 11.5 Å². The minimum Gasteiger partial charge on any atom is -0.504 e. The van der Waals surface area contributed by atoms with Crippen LogP contribution < -0.4 is 27.1 Å². The normalized spacial score (nSPS) is 21.0. The van der Waals surface area contributed by atoms with Gasteiger partial charge in [-0.15, -0.1) is 11.3 Å². The highest BCUT2D eigenvalue weighted by Crippen LogP contribution is 2.49. The molecule has 3 atom stereocenters. The second-order valence-electron chi connectivity index (χ2n) is 12.3. The van der Waals surface area contributed by atoms with Gasteiger partial charge in [-0.1, -0.05) is 28.5 Å². The molecule has 2 aromatic rings. The molecule has 1 unspecified atom stereocenters. The first-order valence-corrected chi connectivity index (χ1v) is 17.8. The first-order valence-electron chi connectivity index (χ1n) is 15.7. The van der Waals surface area contributed by atoms with Crippen LogP contribution in [0.2, 0.25) is 5.02 Å². The number of nitrogens with zero attached hydrogens (tertiary/aromatic N) is 5. The molecule has 3 fully saturated rings. The van der Waals surface area contributed by atoms with E-state index in [1.165, 1.54) is 30.2 Å². The van der Waals surface area contributed by atoms with E-state index in [4.69, 9.17) is 22.2 Å². The Labute approximate surface area is 317 Å². The minimum absolute atomic E-state index is 0.0277. The molecule has 290 valence electrons. The van der Waals surface area contributed by atoms with Gasteiger partial charge in [0.25, 0.3) is 11.8 Å². The molecule has 1 aromatic carbocycles. The monoisotopic (exact) mass is 812 g/mol. The number of hydrogen-bond donors (Lipinski definition) is 9. The van der Waals surface area contributed by atoms with Crippen molar-refractivity contribution in [2.24, 2.45) is 5.16 Å². The van der Waals surface area contributed by atoms with Crippen LogP contribution in [0, 0.1) is 0 Å². The van der Waals surface area contributed by atoms with Gasteiger partial charge in [-0.3, -0.25) is 29.1 Å². The highest BCUT2D eigenvalue weighted by atomic mass is 35.5. The van der Waals surface area contributed by atoms with Crippen LogP contribution in [0.15, 0.2) is 22.7 Å². The molecule has 3 saturated heterocycles. The number of phenols is 2. The molecule has 1 aromatic heterocycles. The van der Waals surface area contributed by atoms with E-state index in [0.29, 0.717) is 0 Å². The smallest absolute Gasteiger partial charge is 0.350 e. The minimum atomic E-state index is -1.96. The van der Waals surface area contributed by atoms with Gasteiger partial charge in [0, 0.05) is 25.0 Å². The number of fused-ring (bicyclic) bond motifs is 1. The molecule has 0 spiro atoms. The van der Waals surface area contributed by atoms with Crippen LogP contribution in [-0.2, 0) is 28.8 Å². The summed E-state index contributed by atoms with van der Waals surface area (Å²) in [6.07, 6.45) is 0. The van der Waals surface area contributed by atoms with E-state index >= 15 is 0 Å². The molecule has 6 amide bonds. The predicted molar refractivity (Wildman–Crippen MR) is 188 cm³/mol. The fraction of sp³-hybridized carbons (Fsp3) is 0.414. The molecule has 3 aliphatic heterocycles. The average Bonchev–Trinajstić information content (AvgIpc) is 3.82. The molecular weight excluding hydrogens is 780 g/mol. The number of rotatable bonds is 15. The number of halogens is 1. The lowest BCUT2D eigenvalue weighted by Gasteiger charge is -2.41. The number of phenolic OH excluding ortho intramolecular Hbond substituents is 2. The fourth-order valence-corrected chi connectivity index (χ4v) is 7.70. The van der Waals surface area contributed by atoms with Gasteiger partial charge in [0.05, 0.1) is 30.2 Å². The lowest BCUT2D eigenvalue weighted by Crippen LogP contribution is -2.68. The molecule has 0 bridgehead atoms. The Hall–Kier alpha value is -5.59. The van der Waals surface area contributed by atoms with Gasteiger partial charge in [-0.05, 0) is 26.0 Å². The predicted octanol–water partition coefficient (Wildman–Crippen LogP) is -1.66. The highest BCUT2D eigenvalue weighted by Gasteiger charge is 2.66.